The van der Waals surface area contributed by atoms with Crippen molar-refractivity contribution >= 4 is 18.3 Å². The highest BCUT2D eigenvalue weighted by molar-refractivity contribution is 5.88. The van der Waals surface area contributed by atoms with E-state index in [2.05, 4.69) is 74.6 Å². The maximum absolute atomic E-state index is 13.3. The molecule has 1 aliphatic rings. The molecule has 0 aromatic heterocycles. The van der Waals surface area contributed by atoms with Crippen LogP contribution in [0.25, 0.3) is 0 Å². The summed E-state index contributed by atoms with van der Waals surface area (Å²) in [7, 11) is 0. The molecule has 1 amide bonds. The number of nitrogens with one attached hydrogen (secondary N) is 1. The zero-order valence-electron chi connectivity index (χ0n) is 17.6. The van der Waals surface area contributed by atoms with Gasteiger partial charge in [-0.1, -0.05) is 67.9 Å². The van der Waals surface area contributed by atoms with E-state index >= 15 is 0 Å². The summed E-state index contributed by atoms with van der Waals surface area (Å²) < 4.78 is 5.54. The van der Waals surface area contributed by atoms with Gasteiger partial charge in [-0.05, 0) is 42.4 Å². The van der Waals surface area contributed by atoms with Gasteiger partial charge in [-0.15, -0.1) is 12.4 Å². The minimum atomic E-state index is -0.535. The Balaban J connectivity index is 0.00000300. The first kappa shape index (κ1) is 23.4. The quantitative estimate of drug-likeness (QED) is 0.733. The van der Waals surface area contributed by atoms with Crippen LogP contribution in [0.1, 0.15) is 60.9 Å². The van der Waals surface area contributed by atoms with Crippen molar-refractivity contribution in [3.05, 3.63) is 70.8 Å². The van der Waals surface area contributed by atoms with Crippen molar-refractivity contribution in [1.82, 2.24) is 5.32 Å². The number of ether oxygens (including phenoxy) is 1. The number of aryl methyl sites for hydroxylation is 1. The monoisotopic (exact) mass is 416 g/mol. The Morgan fingerprint density at radius 2 is 1.59 bits per heavy atom. The summed E-state index contributed by atoms with van der Waals surface area (Å²) in [6.45, 7) is 8.04. The van der Waals surface area contributed by atoms with Crippen LogP contribution in [0, 0.1) is 6.92 Å². The van der Waals surface area contributed by atoms with Crippen molar-refractivity contribution in [2.24, 2.45) is 5.73 Å². The minimum Gasteiger partial charge on any atom is -0.381 e. The van der Waals surface area contributed by atoms with E-state index in [1.165, 1.54) is 11.1 Å². The zero-order valence-corrected chi connectivity index (χ0v) is 18.4. The first-order valence-corrected chi connectivity index (χ1v) is 10.2. The highest BCUT2D eigenvalue weighted by atomic mass is 35.5. The van der Waals surface area contributed by atoms with Crippen molar-refractivity contribution in [3.8, 4) is 0 Å². The zero-order chi connectivity index (χ0) is 20.1. The summed E-state index contributed by atoms with van der Waals surface area (Å²) in [5.74, 6) is 0.543. The molecule has 3 rings (SSSR count). The number of hydrogen-bond donors (Lipinski definition) is 2. The SMILES string of the molecule is Cc1ccc(C2(C(=O)NCC(N)c3ccc(C(C)C)cc3)CCOCC2)cc1.Cl. The van der Waals surface area contributed by atoms with Gasteiger partial charge in [-0.2, -0.15) is 0 Å². The van der Waals surface area contributed by atoms with Crippen molar-refractivity contribution < 1.29 is 9.53 Å². The van der Waals surface area contributed by atoms with E-state index in [-0.39, 0.29) is 24.4 Å². The smallest absolute Gasteiger partial charge is 0.230 e. The molecule has 0 aliphatic carbocycles. The largest absolute Gasteiger partial charge is 0.381 e. The van der Waals surface area contributed by atoms with Crippen molar-refractivity contribution in [2.75, 3.05) is 19.8 Å². The Kier molecular flexibility index (Phi) is 8.26. The summed E-state index contributed by atoms with van der Waals surface area (Å²) >= 11 is 0. The maximum Gasteiger partial charge on any atom is 0.230 e. The Bertz CT molecular complexity index is 782. The average Bonchev–Trinajstić information content (AvgIpc) is 2.72. The Hall–Kier alpha value is -1.88. The van der Waals surface area contributed by atoms with Crippen LogP contribution in [0.2, 0.25) is 0 Å². The Morgan fingerprint density at radius 1 is 1.03 bits per heavy atom. The highest BCUT2D eigenvalue weighted by Crippen LogP contribution is 2.35. The van der Waals surface area contributed by atoms with Crippen molar-refractivity contribution in [2.45, 2.75) is 51.0 Å². The number of nitrogens with two attached hydrogens (primary N) is 1. The molecule has 158 valence electrons. The molecule has 1 saturated heterocycles. The fourth-order valence-corrected chi connectivity index (χ4v) is 3.86. The fraction of sp³-hybridized carbons (Fsp3) is 0.458. The summed E-state index contributed by atoms with van der Waals surface area (Å²) in [6.07, 6.45) is 1.39. The number of carbonyl (C=O) groups excluding carboxylic acids is 1. The van der Waals surface area contributed by atoms with Crippen LogP contribution >= 0.6 is 12.4 Å². The average molecular weight is 417 g/mol. The molecule has 3 N–H and O–H groups in total. The third-order valence-corrected chi connectivity index (χ3v) is 5.90. The van der Waals surface area contributed by atoms with Crippen LogP contribution in [0.4, 0.5) is 0 Å². The fourth-order valence-electron chi connectivity index (χ4n) is 3.86. The molecule has 0 bridgehead atoms. The highest BCUT2D eigenvalue weighted by Gasteiger charge is 2.41. The molecule has 1 heterocycles. The Labute approximate surface area is 180 Å². The van der Waals surface area contributed by atoms with Gasteiger partial charge in [0.05, 0.1) is 5.41 Å². The van der Waals surface area contributed by atoms with Gasteiger partial charge in [0.15, 0.2) is 0 Å². The van der Waals surface area contributed by atoms with Gasteiger partial charge in [0.1, 0.15) is 0 Å². The van der Waals surface area contributed by atoms with Crippen molar-refractivity contribution in [3.63, 3.8) is 0 Å². The van der Waals surface area contributed by atoms with E-state index in [0.717, 1.165) is 11.1 Å². The topological polar surface area (TPSA) is 64.4 Å². The number of hydrogen-bond acceptors (Lipinski definition) is 3. The molecule has 1 atom stereocenters. The van der Waals surface area contributed by atoms with Crippen LogP contribution in [0.5, 0.6) is 0 Å². The van der Waals surface area contributed by atoms with E-state index in [9.17, 15) is 4.79 Å². The predicted octanol–water partition coefficient (Wildman–Crippen LogP) is 4.40. The lowest BCUT2D eigenvalue weighted by Gasteiger charge is -2.36. The van der Waals surface area contributed by atoms with Crippen molar-refractivity contribution in [1.29, 1.82) is 0 Å². The summed E-state index contributed by atoms with van der Waals surface area (Å²) in [5, 5.41) is 3.12. The number of carbonyl (C=O) groups is 1. The molecule has 2 aromatic rings. The molecular weight excluding hydrogens is 384 g/mol. The molecular formula is C24H33ClN2O2. The van der Waals surface area contributed by atoms with Gasteiger partial charge in [0, 0.05) is 25.8 Å². The number of rotatable bonds is 6. The molecule has 5 heteroatoms. The Morgan fingerprint density at radius 3 is 2.14 bits per heavy atom. The van der Waals surface area contributed by atoms with Gasteiger partial charge in [0.25, 0.3) is 0 Å². The lowest BCUT2D eigenvalue weighted by Crippen LogP contribution is -2.49. The third kappa shape index (κ3) is 5.39. The second-order valence-corrected chi connectivity index (χ2v) is 8.20. The summed E-state index contributed by atoms with van der Waals surface area (Å²) in [4.78, 5) is 13.3. The van der Waals surface area contributed by atoms with Gasteiger partial charge in [-0.25, -0.2) is 0 Å². The molecule has 1 aliphatic heterocycles. The van der Waals surface area contributed by atoms with Gasteiger partial charge >= 0.3 is 0 Å². The lowest BCUT2D eigenvalue weighted by atomic mass is 9.73. The molecule has 2 aromatic carbocycles. The van der Waals surface area contributed by atoms with E-state index < -0.39 is 5.41 Å². The van der Waals surface area contributed by atoms with Gasteiger partial charge in [0.2, 0.25) is 5.91 Å². The number of halogens is 1. The standard InChI is InChI=1S/C24H32N2O2.ClH/c1-17(2)19-6-8-20(9-7-19)22(25)16-26-23(27)24(12-14-28-15-13-24)21-10-4-18(3)5-11-21;/h4-11,17,22H,12-16,25H2,1-3H3,(H,26,27);1H. The van der Waals surface area contributed by atoms with Gasteiger partial charge in [-0.3, -0.25) is 4.79 Å². The minimum absolute atomic E-state index is 0. The normalized spacial score (nSPS) is 16.7. The third-order valence-electron chi connectivity index (χ3n) is 5.90. The van der Waals surface area contributed by atoms with E-state index in [4.69, 9.17) is 10.5 Å². The predicted molar refractivity (Wildman–Crippen MR) is 121 cm³/mol. The second kappa shape index (κ2) is 10.2. The van der Waals surface area contributed by atoms with E-state index in [0.29, 0.717) is 38.5 Å². The van der Waals surface area contributed by atoms with Gasteiger partial charge < -0.3 is 15.8 Å². The molecule has 0 radical (unpaired) electrons. The molecule has 4 nitrogen and oxygen atoms in total. The molecule has 1 unspecified atom stereocenters. The molecule has 0 saturated carbocycles. The van der Waals surface area contributed by atoms with Crippen LogP contribution in [-0.2, 0) is 14.9 Å². The molecule has 29 heavy (non-hydrogen) atoms. The van der Waals surface area contributed by atoms with Crippen LogP contribution in [-0.4, -0.2) is 25.7 Å². The molecule has 1 fully saturated rings. The number of amides is 1. The number of benzene rings is 2. The first-order chi connectivity index (χ1) is 13.4. The lowest BCUT2D eigenvalue weighted by molar-refractivity contribution is -0.130. The second-order valence-electron chi connectivity index (χ2n) is 8.20. The first-order valence-electron chi connectivity index (χ1n) is 10.2. The molecule has 0 spiro atoms. The van der Waals surface area contributed by atoms with E-state index in [1.54, 1.807) is 0 Å². The van der Waals surface area contributed by atoms with Crippen LogP contribution in [0.3, 0.4) is 0 Å². The van der Waals surface area contributed by atoms with Crippen LogP contribution in [0.15, 0.2) is 48.5 Å². The van der Waals surface area contributed by atoms with E-state index in [1.807, 2.05) is 0 Å². The maximum atomic E-state index is 13.3. The van der Waals surface area contributed by atoms with Crippen LogP contribution < -0.4 is 11.1 Å². The summed E-state index contributed by atoms with van der Waals surface area (Å²) in [5.41, 5.74) is 10.4. The summed E-state index contributed by atoms with van der Waals surface area (Å²) in [6, 6.07) is 16.4.